The first-order valence-corrected chi connectivity index (χ1v) is 10.3. The van der Waals surface area contributed by atoms with E-state index in [0.29, 0.717) is 10.9 Å². The molecule has 1 aliphatic carbocycles. The first-order valence-electron chi connectivity index (χ1n) is 8.47. The molecule has 0 unspecified atom stereocenters. The number of rotatable bonds is 5. The zero-order chi connectivity index (χ0) is 17.2. The molecule has 0 aliphatic heterocycles. The van der Waals surface area contributed by atoms with Crippen LogP contribution in [0.4, 0.5) is 11.5 Å². The number of hydrogen-bond acceptors (Lipinski definition) is 6. The van der Waals surface area contributed by atoms with Crippen molar-refractivity contribution in [2.75, 3.05) is 11.1 Å². The second-order valence-corrected chi connectivity index (χ2v) is 8.25. The molecule has 2 aromatic heterocycles. The van der Waals surface area contributed by atoms with Crippen LogP contribution in [0.5, 0.6) is 0 Å². The molecule has 1 aliphatic rings. The number of aryl methyl sites for hydroxylation is 2. The van der Waals surface area contributed by atoms with Crippen LogP contribution in [0.2, 0.25) is 0 Å². The maximum atomic E-state index is 11.3. The zero-order valence-electron chi connectivity index (χ0n) is 14.0. The summed E-state index contributed by atoms with van der Waals surface area (Å²) in [5.74, 6) is 1.40. The first kappa shape index (κ1) is 16.5. The zero-order valence-corrected chi connectivity index (χ0v) is 15.7. The van der Waals surface area contributed by atoms with Crippen molar-refractivity contribution in [1.29, 1.82) is 0 Å². The lowest BCUT2D eigenvalue weighted by Crippen LogP contribution is -2.02. The van der Waals surface area contributed by atoms with Crippen LogP contribution in [-0.2, 0) is 17.6 Å². The van der Waals surface area contributed by atoms with E-state index in [4.69, 9.17) is 9.97 Å². The van der Waals surface area contributed by atoms with Crippen molar-refractivity contribution >= 4 is 50.6 Å². The molecule has 0 radical (unpaired) electrons. The van der Waals surface area contributed by atoms with Crippen LogP contribution in [0.15, 0.2) is 35.5 Å². The van der Waals surface area contributed by atoms with Gasteiger partial charge in [0.2, 0.25) is 0 Å². The molecule has 2 heterocycles. The van der Waals surface area contributed by atoms with E-state index in [1.807, 2.05) is 30.3 Å². The molecule has 6 heteroatoms. The number of carbonyl (C=O) groups excluding carboxylic acids is 1. The lowest BCUT2D eigenvalue weighted by molar-refractivity contribution is -0.114. The van der Waals surface area contributed by atoms with Gasteiger partial charge in [0, 0.05) is 10.6 Å². The van der Waals surface area contributed by atoms with Crippen LogP contribution in [0.25, 0.3) is 10.2 Å². The van der Waals surface area contributed by atoms with E-state index in [1.54, 1.807) is 18.3 Å². The third kappa shape index (κ3) is 3.55. The van der Waals surface area contributed by atoms with Gasteiger partial charge in [0.25, 0.3) is 0 Å². The van der Waals surface area contributed by atoms with Crippen molar-refractivity contribution in [2.45, 2.75) is 37.8 Å². The minimum atomic E-state index is 0.136. The Labute approximate surface area is 155 Å². The molecule has 0 fully saturated rings. The Morgan fingerprint density at radius 3 is 2.80 bits per heavy atom. The topological polar surface area (TPSA) is 54.9 Å². The summed E-state index contributed by atoms with van der Waals surface area (Å²) in [7, 11) is 0. The summed E-state index contributed by atoms with van der Waals surface area (Å²) in [5.41, 5.74) is 2.42. The Hall–Kier alpha value is -1.92. The number of para-hydroxylation sites is 1. The van der Waals surface area contributed by atoms with Gasteiger partial charge in [-0.2, -0.15) is 0 Å². The Morgan fingerprint density at radius 1 is 1.20 bits per heavy atom. The fourth-order valence-corrected chi connectivity index (χ4v) is 5.08. The van der Waals surface area contributed by atoms with Crippen LogP contribution in [0, 0.1) is 0 Å². The fraction of sp³-hybridized carbons (Fsp3) is 0.316. The number of fused-ring (bicyclic) bond motifs is 3. The van der Waals surface area contributed by atoms with Gasteiger partial charge in [0.15, 0.2) is 5.16 Å². The van der Waals surface area contributed by atoms with Gasteiger partial charge in [-0.1, -0.05) is 30.0 Å². The normalized spacial score (nSPS) is 13.6. The number of ketones is 1. The Morgan fingerprint density at radius 2 is 2.00 bits per heavy atom. The number of nitrogens with zero attached hydrogens (tertiary/aromatic N) is 2. The van der Waals surface area contributed by atoms with E-state index in [0.717, 1.165) is 34.6 Å². The van der Waals surface area contributed by atoms with Gasteiger partial charge in [-0.3, -0.25) is 4.79 Å². The molecule has 0 saturated carbocycles. The van der Waals surface area contributed by atoms with Gasteiger partial charge < -0.3 is 5.32 Å². The smallest absolute Gasteiger partial charge is 0.191 e. The van der Waals surface area contributed by atoms with Gasteiger partial charge >= 0.3 is 0 Å². The highest BCUT2D eigenvalue weighted by Crippen LogP contribution is 2.40. The summed E-state index contributed by atoms with van der Waals surface area (Å²) in [6.45, 7) is 1.60. The quantitative estimate of drug-likeness (QED) is 0.507. The van der Waals surface area contributed by atoms with Crippen molar-refractivity contribution in [1.82, 2.24) is 9.97 Å². The van der Waals surface area contributed by atoms with Gasteiger partial charge in [-0.05, 0) is 50.3 Å². The highest BCUT2D eigenvalue weighted by atomic mass is 32.2. The van der Waals surface area contributed by atoms with E-state index in [9.17, 15) is 4.79 Å². The van der Waals surface area contributed by atoms with Crippen molar-refractivity contribution in [2.24, 2.45) is 0 Å². The second-order valence-electron chi connectivity index (χ2n) is 6.23. The van der Waals surface area contributed by atoms with E-state index in [-0.39, 0.29) is 5.78 Å². The number of thiophene rings is 1. The predicted molar refractivity (Wildman–Crippen MR) is 105 cm³/mol. The Balaban J connectivity index is 1.81. The number of aromatic nitrogens is 2. The van der Waals surface area contributed by atoms with E-state index in [1.165, 1.54) is 35.0 Å². The van der Waals surface area contributed by atoms with Crippen LogP contribution < -0.4 is 5.32 Å². The molecule has 0 atom stereocenters. The number of anilines is 2. The molecule has 0 bridgehead atoms. The van der Waals surface area contributed by atoms with Gasteiger partial charge in [0.05, 0.1) is 11.1 Å². The second kappa shape index (κ2) is 7.14. The van der Waals surface area contributed by atoms with Gasteiger partial charge in [0.1, 0.15) is 16.4 Å². The molecule has 0 spiro atoms. The largest absolute Gasteiger partial charge is 0.340 e. The molecule has 128 valence electrons. The highest BCUT2D eigenvalue weighted by molar-refractivity contribution is 7.99. The molecule has 1 N–H and O–H groups in total. The lowest BCUT2D eigenvalue weighted by atomic mass is 9.97. The summed E-state index contributed by atoms with van der Waals surface area (Å²) in [6, 6.07) is 10.1. The third-order valence-electron chi connectivity index (χ3n) is 4.24. The van der Waals surface area contributed by atoms with Gasteiger partial charge in [-0.25, -0.2) is 9.97 Å². The number of carbonyl (C=O) groups is 1. The minimum Gasteiger partial charge on any atom is -0.340 e. The predicted octanol–water partition coefficient (Wildman–Crippen LogP) is 4.99. The molecule has 25 heavy (non-hydrogen) atoms. The number of thioether (sulfide) groups is 1. The summed E-state index contributed by atoms with van der Waals surface area (Å²) < 4.78 is 0. The maximum Gasteiger partial charge on any atom is 0.191 e. The number of benzene rings is 1. The first-order chi connectivity index (χ1) is 12.2. The van der Waals surface area contributed by atoms with Gasteiger partial charge in [-0.15, -0.1) is 11.3 Å². The molecule has 3 aromatic rings. The fourth-order valence-electron chi connectivity index (χ4n) is 3.12. The SMILES string of the molecule is CC(=O)CSc1nc(Nc2ccccc2)c2c3c(sc2n1)CCCC3. The maximum absolute atomic E-state index is 11.3. The molecule has 0 saturated heterocycles. The number of Topliss-reactive ketones (excluding diaryl/α,β-unsaturated/α-hetero) is 1. The summed E-state index contributed by atoms with van der Waals surface area (Å²) >= 11 is 3.19. The lowest BCUT2D eigenvalue weighted by Gasteiger charge is -2.13. The average Bonchev–Trinajstić information content (AvgIpc) is 2.99. The molecule has 4 rings (SSSR count). The monoisotopic (exact) mass is 369 g/mol. The van der Waals surface area contributed by atoms with Crippen molar-refractivity contribution in [3.05, 3.63) is 40.8 Å². The Kier molecular flexibility index (Phi) is 4.72. The van der Waals surface area contributed by atoms with Crippen molar-refractivity contribution in [3.63, 3.8) is 0 Å². The molecule has 0 amide bonds. The van der Waals surface area contributed by atoms with E-state index < -0.39 is 0 Å². The summed E-state index contributed by atoms with van der Waals surface area (Å²) in [5, 5.41) is 5.30. The van der Waals surface area contributed by atoms with Crippen LogP contribution >= 0.6 is 23.1 Å². The summed E-state index contributed by atoms with van der Waals surface area (Å²) in [6.07, 6.45) is 4.71. The average molecular weight is 370 g/mol. The van der Waals surface area contributed by atoms with Crippen molar-refractivity contribution < 1.29 is 4.79 Å². The van der Waals surface area contributed by atoms with Crippen LogP contribution in [-0.4, -0.2) is 21.5 Å². The Bertz CT molecular complexity index is 921. The standard InChI is InChI=1S/C19H19N3OS2/c1-12(23)11-24-19-21-17(20-13-7-3-2-4-8-13)16-14-9-5-6-10-15(14)25-18(16)22-19/h2-4,7-8H,5-6,9-11H2,1H3,(H,20,21,22). The van der Waals surface area contributed by atoms with Crippen molar-refractivity contribution in [3.8, 4) is 0 Å². The number of nitrogens with one attached hydrogen (secondary N) is 1. The molecule has 1 aromatic carbocycles. The number of hydrogen-bond donors (Lipinski definition) is 1. The molecule has 4 nitrogen and oxygen atoms in total. The highest BCUT2D eigenvalue weighted by Gasteiger charge is 2.21. The summed E-state index contributed by atoms with van der Waals surface area (Å²) in [4.78, 5) is 23.3. The molecular formula is C19H19N3OS2. The third-order valence-corrected chi connectivity index (χ3v) is 6.41. The van der Waals surface area contributed by atoms with Crippen LogP contribution in [0.3, 0.4) is 0 Å². The minimum absolute atomic E-state index is 0.136. The van der Waals surface area contributed by atoms with E-state index in [2.05, 4.69) is 5.32 Å². The van der Waals surface area contributed by atoms with E-state index >= 15 is 0 Å². The van der Waals surface area contributed by atoms with Crippen LogP contribution in [0.1, 0.15) is 30.2 Å². The molecular weight excluding hydrogens is 350 g/mol.